The van der Waals surface area contributed by atoms with Crippen molar-refractivity contribution in [1.82, 2.24) is 0 Å². The number of hydrogen-bond acceptors (Lipinski definition) is 2. The van der Waals surface area contributed by atoms with Gasteiger partial charge in [-0.3, -0.25) is 0 Å². The summed E-state index contributed by atoms with van der Waals surface area (Å²) in [6, 6.07) is 5.17. The molecule has 1 atom stereocenters. The van der Waals surface area contributed by atoms with Gasteiger partial charge in [0.1, 0.15) is 5.75 Å². The maximum Gasteiger partial charge on any atom is 0.173 e. The number of hydrogen-bond donors (Lipinski definition) is 0. The Labute approximate surface area is 134 Å². The van der Waals surface area contributed by atoms with Crippen molar-refractivity contribution < 1.29 is 9.15 Å². The molecule has 0 aliphatic rings. The van der Waals surface area contributed by atoms with Crippen LogP contribution in [0.15, 0.2) is 33.5 Å². The quantitative estimate of drug-likeness (QED) is 0.597. The number of halogens is 4. The first-order valence-corrected chi connectivity index (χ1v) is 7.51. The number of furan rings is 1. The Morgan fingerprint density at radius 1 is 1.26 bits per heavy atom. The van der Waals surface area contributed by atoms with Crippen molar-refractivity contribution >= 4 is 50.7 Å². The first-order valence-electron chi connectivity index (χ1n) is 5.53. The molecule has 1 unspecified atom stereocenters. The number of rotatable bonds is 4. The summed E-state index contributed by atoms with van der Waals surface area (Å²) in [6.07, 6.45) is 1.55. The average molecular weight is 384 g/mol. The fourth-order valence-corrected chi connectivity index (χ4v) is 3.16. The smallest absolute Gasteiger partial charge is 0.173 e. The second-order valence-electron chi connectivity index (χ2n) is 3.75. The fraction of sp³-hybridized carbons (Fsp3) is 0.231. The zero-order valence-corrected chi connectivity index (χ0v) is 13.8. The molecule has 1 heterocycles. The highest BCUT2D eigenvalue weighted by Gasteiger charge is 2.20. The van der Waals surface area contributed by atoms with Crippen molar-refractivity contribution in [3.05, 3.63) is 50.3 Å². The van der Waals surface area contributed by atoms with Crippen molar-refractivity contribution in [2.75, 3.05) is 6.61 Å². The summed E-state index contributed by atoms with van der Waals surface area (Å²) in [4.78, 5) is 0. The van der Waals surface area contributed by atoms with Gasteiger partial charge in [0, 0.05) is 16.7 Å². The molecule has 102 valence electrons. The van der Waals surface area contributed by atoms with Gasteiger partial charge in [-0.25, -0.2) is 0 Å². The van der Waals surface area contributed by atoms with Crippen LogP contribution < -0.4 is 4.74 Å². The van der Waals surface area contributed by atoms with Crippen molar-refractivity contribution in [3.8, 4) is 5.75 Å². The third kappa shape index (κ3) is 3.22. The summed E-state index contributed by atoms with van der Waals surface area (Å²) in [7, 11) is 0. The Morgan fingerprint density at radius 3 is 2.58 bits per heavy atom. The summed E-state index contributed by atoms with van der Waals surface area (Å²) >= 11 is 22.1. The molecule has 0 amide bonds. The topological polar surface area (TPSA) is 22.4 Å². The lowest BCUT2D eigenvalue weighted by Crippen LogP contribution is -1.97. The van der Waals surface area contributed by atoms with E-state index < -0.39 is 5.38 Å². The van der Waals surface area contributed by atoms with E-state index in [1.54, 1.807) is 24.5 Å². The van der Waals surface area contributed by atoms with Crippen LogP contribution in [-0.4, -0.2) is 6.61 Å². The SMILES string of the molecule is CCOc1cc(Cl)c(C(Cl)c2ccoc2Br)cc1Cl. The van der Waals surface area contributed by atoms with Crippen LogP contribution in [0.2, 0.25) is 10.0 Å². The van der Waals surface area contributed by atoms with Gasteiger partial charge in [-0.15, -0.1) is 11.6 Å². The Balaban J connectivity index is 2.40. The van der Waals surface area contributed by atoms with Crippen LogP contribution in [0.1, 0.15) is 23.4 Å². The predicted octanol–water partition coefficient (Wildman–Crippen LogP) is 6.08. The van der Waals surface area contributed by atoms with Gasteiger partial charge >= 0.3 is 0 Å². The zero-order valence-electron chi connectivity index (χ0n) is 9.92. The van der Waals surface area contributed by atoms with E-state index in [0.717, 1.165) is 5.56 Å². The van der Waals surface area contributed by atoms with Crippen LogP contribution in [0.25, 0.3) is 0 Å². The van der Waals surface area contributed by atoms with Crippen LogP contribution in [0.5, 0.6) is 5.75 Å². The van der Waals surface area contributed by atoms with E-state index >= 15 is 0 Å². The minimum atomic E-state index is -0.450. The molecule has 0 spiro atoms. The lowest BCUT2D eigenvalue weighted by atomic mass is 10.1. The highest BCUT2D eigenvalue weighted by molar-refractivity contribution is 9.10. The molecule has 0 saturated heterocycles. The molecule has 2 aromatic rings. The van der Waals surface area contributed by atoms with Crippen molar-refractivity contribution in [1.29, 1.82) is 0 Å². The third-order valence-corrected chi connectivity index (χ3v) is 4.28. The third-order valence-electron chi connectivity index (χ3n) is 2.54. The molecule has 0 N–H and O–H groups in total. The Hall–Kier alpha value is -0.350. The summed E-state index contributed by atoms with van der Waals surface area (Å²) in [6.45, 7) is 2.40. The highest BCUT2D eigenvalue weighted by Crippen LogP contribution is 2.41. The lowest BCUT2D eigenvalue weighted by molar-refractivity contribution is 0.340. The molecule has 2 nitrogen and oxygen atoms in total. The number of ether oxygens (including phenoxy) is 1. The van der Waals surface area contributed by atoms with E-state index in [4.69, 9.17) is 44.0 Å². The maximum absolute atomic E-state index is 6.41. The second kappa shape index (κ2) is 6.40. The molecule has 2 rings (SSSR count). The summed E-state index contributed by atoms with van der Waals surface area (Å²) in [5, 5.41) is 0.529. The minimum absolute atomic E-state index is 0.450. The largest absolute Gasteiger partial charge is 0.492 e. The van der Waals surface area contributed by atoms with Gasteiger partial charge in [0.05, 0.1) is 23.3 Å². The van der Waals surface area contributed by atoms with Crippen LogP contribution in [0.4, 0.5) is 0 Å². The molecule has 0 aliphatic heterocycles. The molecule has 0 saturated carbocycles. The summed E-state index contributed by atoms with van der Waals surface area (Å²) < 4.78 is 11.1. The maximum atomic E-state index is 6.41. The van der Waals surface area contributed by atoms with Gasteiger partial charge in [-0.2, -0.15) is 0 Å². The van der Waals surface area contributed by atoms with E-state index in [9.17, 15) is 0 Å². The molecule has 0 radical (unpaired) electrons. The standard InChI is InChI=1S/C13H10BrCl3O2/c1-2-18-11-6-9(15)8(5-10(11)16)12(17)7-3-4-19-13(7)14/h3-6,12H,2H2,1H3. The van der Waals surface area contributed by atoms with E-state index in [2.05, 4.69) is 15.9 Å². The zero-order chi connectivity index (χ0) is 14.0. The Kier molecular flexibility index (Phi) is 5.07. The van der Waals surface area contributed by atoms with E-state index in [1.807, 2.05) is 6.92 Å². The molecule has 19 heavy (non-hydrogen) atoms. The molecular formula is C13H10BrCl3O2. The molecule has 1 aromatic heterocycles. The fourth-order valence-electron chi connectivity index (χ4n) is 1.66. The van der Waals surface area contributed by atoms with Crippen LogP contribution in [0.3, 0.4) is 0 Å². The van der Waals surface area contributed by atoms with Crippen molar-refractivity contribution in [2.24, 2.45) is 0 Å². The minimum Gasteiger partial charge on any atom is -0.492 e. The van der Waals surface area contributed by atoms with Crippen molar-refractivity contribution in [2.45, 2.75) is 12.3 Å². The second-order valence-corrected chi connectivity index (χ2v) is 5.72. The van der Waals surface area contributed by atoms with Gasteiger partial charge in [0.2, 0.25) is 0 Å². The molecular weight excluding hydrogens is 374 g/mol. The molecule has 6 heteroatoms. The van der Waals surface area contributed by atoms with Crippen LogP contribution in [0, 0.1) is 0 Å². The monoisotopic (exact) mass is 382 g/mol. The first-order chi connectivity index (χ1) is 9.04. The van der Waals surface area contributed by atoms with Crippen LogP contribution >= 0.6 is 50.7 Å². The summed E-state index contributed by atoms with van der Waals surface area (Å²) in [5.74, 6) is 0.549. The van der Waals surface area contributed by atoms with Gasteiger partial charge in [0.15, 0.2) is 4.67 Å². The normalized spacial score (nSPS) is 12.5. The predicted molar refractivity (Wildman–Crippen MR) is 81.7 cm³/mol. The summed E-state index contributed by atoms with van der Waals surface area (Å²) in [5.41, 5.74) is 1.50. The molecule has 0 bridgehead atoms. The Morgan fingerprint density at radius 2 is 2.00 bits per heavy atom. The van der Waals surface area contributed by atoms with Gasteiger partial charge in [-0.1, -0.05) is 23.2 Å². The van der Waals surface area contributed by atoms with Gasteiger partial charge < -0.3 is 9.15 Å². The lowest BCUT2D eigenvalue weighted by Gasteiger charge is -2.14. The first kappa shape index (κ1) is 15.0. The number of alkyl halides is 1. The molecule has 0 fully saturated rings. The average Bonchev–Trinajstić information content (AvgIpc) is 2.79. The van der Waals surface area contributed by atoms with E-state index in [1.165, 1.54) is 0 Å². The van der Waals surface area contributed by atoms with Crippen LogP contribution in [-0.2, 0) is 0 Å². The highest BCUT2D eigenvalue weighted by atomic mass is 79.9. The van der Waals surface area contributed by atoms with Gasteiger partial charge in [0.25, 0.3) is 0 Å². The van der Waals surface area contributed by atoms with Crippen molar-refractivity contribution in [3.63, 3.8) is 0 Å². The Bertz CT molecular complexity index is 583. The molecule has 1 aromatic carbocycles. The van der Waals surface area contributed by atoms with E-state index in [-0.39, 0.29) is 0 Å². The molecule has 0 aliphatic carbocycles. The number of benzene rings is 1. The van der Waals surface area contributed by atoms with E-state index in [0.29, 0.717) is 32.6 Å². The van der Waals surface area contributed by atoms with Gasteiger partial charge in [-0.05, 0) is 40.5 Å².